The molecule has 0 aliphatic carbocycles. The largest absolute Gasteiger partial charge is 0.437 e. The van der Waals surface area contributed by atoms with Gasteiger partial charge in [0.25, 0.3) is 0 Å². The van der Waals surface area contributed by atoms with Gasteiger partial charge in [0.2, 0.25) is 5.88 Å². The van der Waals surface area contributed by atoms with Gasteiger partial charge in [0.1, 0.15) is 17.4 Å². The van der Waals surface area contributed by atoms with Crippen molar-refractivity contribution in [3.63, 3.8) is 0 Å². The smallest absolute Gasteiger partial charge is 0.245 e. The maximum atomic E-state index is 13.5. The van der Waals surface area contributed by atoms with Crippen LogP contribution in [0.25, 0.3) is 15.7 Å². The zero-order chi connectivity index (χ0) is 21.4. The number of rotatable bonds is 3. The molecule has 0 bridgehead atoms. The lowest BCUT2D eigenvalue weighted by Gasteiger charge is -2.26. The van der Waals surface area contributed by atoms with Gasteiger partial charge in [-0.05, 0) is 31.5 Å². The van der Waals surface area contributed by atoms with Crippen molar-refractivity contribution in [2.24, 2.45) is 10.9 Å². The highest BCUT2D eigenvalue weighted by molar-refractivity contribution is 5.91. The predicted molar refractivity (Wildman–Crippen MR) is 107 cm³/mol. The van der Waals surface area contributed by atoms with E-state index in [1.54, 1.807) is 26.0 Å². The summed E-state index contributed by atoms with van der Waals surface area (Å²) in [5, 5.41) is 17.2. The molecule has 2 atom stereocenters. The normalized spacial score (nSPS) is 18.7. The van der Waals surface area contributed by atoms with Crippen LogP contribution in [0.15, 0.2) is 52.8 Å². The molecule has 1 aromatic heterocycles. The molecule has 1 N–H and O–H groups in total. The van der Waals surface area contributed by atoms with Crippen molar-refractivity contribution in [1.29, 1.82) is 5.26 Å². The number of aliphatic imine (C=N–C) groups is 1. The lowest BCUT2D eigenvalue weighted by Crippen LogP contribution is -2.24. The topological polar surface area (TPSA) is 78.4 Å². The first-order valence-electron chi connectivity index (χ1n) is 9.06. The number of nitriles is 1. The molecule has 8 heteroatoms. The molecule has 6 nitrogen and oxygen atoms in total. The molecule has 0 amide bonds. The standard InChI is InChI=1S/C22H15F2N5O/c1-11-18(10-25)20(21(26-3)12(2)27-11)13-4-5-19-17(6-13)22(29-28-19)30-16-8-14(23)7-15(24)9-16/h4-9,18,20H,1-2H3,(H,28,29). The Morgan fingerprint density at radius 1 is 1.17 bits per heavy atom. The minimum atomic E-state index is -0.762. The fourth-order valence-corrected chi connectivity index (χ4v) is 3.66. The monoisotopic (exact) mass is 403 g/mol. The van der Waals surface area contributed by atoms with Gasteiger partial charge in [-0.1, -0.05) is 6.07 Å². The summed E-state index contributed by atoms with van der Waals surface area (Å²) in [5.74, 6) is -2.48. The molecule has 30 heavy (non-hydrogen) atoms. The number of halogens is 2. The molecular weight excluding hydrogens is 388 g/mol. The Morgan fingerprint density at radius 3 is 2.57 bits per heavy atom. The Hall–Kier alpha value is -4.04. The number of hydrogen-bond acceptors (Lipinski definition) is 4. The van der Waals surface area contributed by atoms with E-state index < -0.39 is 23.5 Å². The van der Waals surface area contributed by atoms with E-state index in [1.165, 1.54) is 0 Å². The fourth-order valence-electron chi connectivity index (χ4n) is 3.66. The number of nitrogens with one attached hydrogen (secondary N) is 1. The Kier molecular flexibility index (Phi) is 4.77. The first-order chi connectivity index (χ1) is 14.4. The molecule has 0 spiro atoms. The Balaban J connectivity index is 1.80. The van der Waals surface area contributed by atoms with E-state index in [-0.39, 0.29) is 11.6 Å². The van der Waals surface area contributed by atoms with Crippen molar-refractivity contribution in [3.05, 3.63) is 76.4 Å². The molecule has 1 aliphatic heterocycles. The molecule has 2 aromatic carbocycles. The van der Waals surface area contributed by atoms with Gasteiger partial charge in [0.05, 0.1) is 29.5 Å². The van der Waals surface area contributed by atoms with Crippen molar-refractivity contribution in [1.82, 2.24) is 10.2 Å². The van der Waals surface area contributed by atoms with Gasteiger partial charge in [-0.2, -0.15) is 5.26 Å². The van der Waals surface area contributed by atoms with Gasteiger partial charge in [0.15, 0.2) is 5.70 Å². The van der Waals surface area contributed by atoms with Crippen LogP contribution < -0.4 is 4.74 Å². The van der Waals surface area contributed by atoms with Crippen LogP contribution in [0.2, 0.25) is 0 Å². The van der Waals surface area contributed by atoms with Crippen LogP contribution in [0.4, 0.5) is 8.78 Å². The van der Waals surface area contributed by atoms with E-state index in [4.69, 9.17) is 11.3 Å². The van der Waals surface area contributed by atoms with Crippen LogP contribution in [-0.4, -0.2) is 15.9 Å². The van der Waals surface area contributed by atoms with E-state index in [9.17, 15) is 14.0 Å². The van der Waals surface area contributed by atoms with Crippen molar-refractivity contribution in [3.8, 4) is 17.7 Å². The highest BCUT2D eigenvalue weighted by Crippen LogP contribution is 2.41. The lowest BCUT2D eigenvalue weighted by molar-refractivity contribution is 0.454. The molecule has 0 radical (unpaired) electrons. The van der Waals surface area contributed by atoms with Gasteiger partial charge in [-0.3, -0.25) is 10.1 Å². The minimum Gasteiger partial charge on any atom is -0.437 e. The second kappa shape index (κ2) is 7.41. The van der Waals surface area contributed by atoms with E-state index in [0.29, 0.717) is 28.0 Å². The molecule has 0 saturated carbocycles. The first kappa shape index (κ1) is 19.3. The first-order valence-corrected chi connectivity index (χ1v) is 9.06. The third-order valence-electron chi connectivity index (χ3n) is 5.01. The summed E-state index contributed by atoms with van der Waals surface area (Å²) >= 11 is 0. The van der Waals surface area contributed by atoms with Crippen molar-refractivity contribution >= 4 is 16.6 Å². The van der Waals surface area contributed by atoms with E-state index in [1.807, 2.05) is 6.07 Å². The average molecular weight is 403 g/mol. The summed E-state index contributed by atoms with van der Waals surface area (Å²) in [6.45, 7) is 11.1. The maximum absolute atomic E-state index is 13.5. The summed E-state index contributed by atoms with van der Waals surface area (Å²) < 4.78 is 32.6. The summed E-state index contributed by atoms with van der Waals surface area (Å²) in [5.41, 5.74) is 3.00. The Labute approximate surface area is 170 Å². The zero-order valence-corrected chi connectivity index (χ0v) is 16.1. The fraction of sp³-hybridized carbons (Fsp3) is 0.182. The number of ether oxygens (including phenoxy) is 1. The number of benzene rings is 2. The molecule has 148 valence electrons. The second-order valence-corrected chi connectivity index (χ2v) is 6.96. The quantitative estimate of drug-likeness (QED) is 0.588. The van der Waals surface area contributed by atoms with Crippen LogP contribution in [0.1, 0.15) is 25.3 Å². The van der Waals surface area contributed by atoms with Gasteiger partial charge in [-0.15, -0.1) is 5.10 Å². The molecule has 1 aliphatic rings. The zero-order valence-electron chi connectivity index (χ0n) is 16.1. The second-order valence-electron chi connectivity index (χ2n) is 6.96. The Morgan fingerprint density at radius 2 is 1.90 bits per heavy atom. The van der Waals surface area contributed by atoms with Gasteiger partial charge in [-0.25, -0.2) is 13.6 Å². The van der Waals surface area contributed by atoms with Gasteiger partial charge < -0.3 is 4.74 Å². The van der Waals surface area contributed by atoms with E-state index >= 15 is 0 Å². The minimum absolute atomic E-state index is 0.0283. The molecule has 2 heterocycles. The summed E-state index contributed by atoms with van der Waals surface area (Å²) in [6.07, 6.45) is 0. The molecule has 3 aromatic rings. The number of H-pyrrole nitrogens is 1. The van der Waals surface area contributed by atoms with Gasteiger partial charge in [0, 0.05) is 35.5 Å². The number of allylic oxidation sites excluding steroid dienone is 2. The van der Waals surface area contributed by atoms with Crippen LogP contribution in [0.3, 0.4) is 0 Å². The molecule has 2 unspecified atom stereocenters. The Bertz CT molecular complexity index is 1290. The number of fused-ring (bicyclic) bond motifs is 1. The number of aromatic nitrogens is 2. The highest BCUT2D eigenvalue weighted by atomic mass is 19.1. The molecule has 4 rings (SSSR count). The van der Waals surface area contributed by atoms with Crippen LogP contribution in [-0.2, 0) is 0 Å². The summed E-state index contributed by atoms with van der Waals surface area (Å²) in [7, 11) is 0. The van der Waals surface area contributed by atoms with Crippen LogP contribution in [0.5, 0.6) is 11.6 Å². The number of aromatic amines is 1. The summed E-state index contributed by atoms with van der Waals surface area (Å²) in [6, 6.07) is 10.5. The number of nitrogens with zero attached hydrogens (tertiary/aromatic N) is 4. The highest BCUT2D eigenvalue weighted by Gasteiger charge is 2.34. The van der Waals surface area contributed by atoms with Gasteiger partial charge >= 0.3 is 0 Å². The molecular formula is C22H15F2N5O. The van der Waals surface area contributed by atoms with E-state index in [0.717, 1.165) is 23.8 Å². The summed E-state index contributed by atoms with van der Waals surface area (Å²) in [4.78, 5) is 7.98. The molecule has 0 fully saturated rings. The molecule has 0 saturated heterocycles. The number of hydrogen-bond donors (Lipinski definition) is 1. The lowest BCUT2D eigenvalue weighted by atomic mass is 9.79. The predicted octanol–water partition coefficient (Wildman–Crippen LogP) is 5.48. The third kappa shape index (κ3) is 3.29. The maximum Gasteiger partial charge on any atom is 0.245 e. The average Bonchev–Trinajstić information content (AvgIpc) is 3.08. The SMILES string of the molecule is [C-]#[N+]C1=C(C)N=C(C)C(C#N)C1c1ccc2[nH]nc(Oc3cc(F)cc(F)c3)c2c1. The van der Waals surface area contributed by atoms with Crippen LogP contribution >= 0.6 is 0 Å². The van der Waals surface area contributed by atoms with Crippen molar-refractivity contribution in [2.75, 3.05) is 0 Å². The van der Waals surface area contributed by atoms with E-state index in [2.05, 4.69) is 26.1 Å². The van der Waals surface area contributed by atoms with Crippen LogP contribution in [0, 0.1) is 35.5 Å². The van der Waals surface area contributed by atoms with Crippen molar-refractivity contribution in [2.45, 2.75) is 19.8 Å². The third-order valence-corrected chi connectivity index (χ3v) is 5.01. The van der Waals surface area contributed by atoms with Crippen molar-refractivity contribution < 1.29 is 13.5 Å².